The van der Waals surface area contributed by atoms with Crippen LogP contribution in [-0.4, -0.2) is 41.8 Å². The molecule has 0 saturated carbocycles. The Labute approximate surface area is 102 Å². The number of benzene rings is 1. The average Bonchev–Trinajstić information content (AvgIpc) is 2.27. The van der Waals surface area contributed by atoms with Crippen LogP contribution in [0.3, 0.4) is 0 Å². The molecule has 0 spiro atoms. The number of carboxylic acids is 1. The van der Waals surface area contributed by atoms with E-state index in [4.69, 9.17) is 9.84 Å². The topological polar surface area (TPSA) is 95.9 Å². The summed E-state index contributed by atoms with van der Waals surface area (Å²) in [6.45, 7) is -0.333. The summed E-state index contributed by atoms with van der Waals surface area (Å²) in [6.07, 6.45) is 0. The van der Waals surface area contributed by atoms with Crippen LogP contribution in [-0.2, 0) is 9.53 Å². The fourth-order valence-corrected chi connectivity index (χ4v) is 1.19. The second kappa shape index (κ2) is 6.55. The second-order valence-electron chi connectivity index (χ2n) is 3.36. The Morgan fingerprint density at radius 1 is 1.39 bits per heavy atom. The van der Waals surface area contributed by atoms with Gasteiger partial charge in [0.15, 0.2) is 0 Å². The quantitative estimate of drug-likeness (QED) is 0.639. The highest BCUT2D eigenvalue weighted by molar-refractivity contribution is 5.96. The van der Waals surface area contributed by atoms with Crippen LogP contribution in [0.2, 0.25) is 0 Å². The first-order valence-electron chi connectivity index (χ1n) is 5.07. The van der Waals surface area contributed by atoms with E-state index in [1.807, 2.05) is 0 Å². The second-order valence-corrected chi connectivity index (χ2v) is 3.36. The smallest absolute Gasteiger partial charge is 0.329 e. The van der Waals surface area contributed by atoms with Crippen LogP contribution in [0.4, 0.5) is 4.39 Å². The first-order valence-corrected chi connectivity index (χ1v) is 5.07. The summed E-state index contributed by atoms with van der Waals surface area (Å²) in [4.78, 5) is 21.6. The minimum atomic E-state index is -1.10. The lowest BCUT2D eigenvalue weighted by molar-refractivity contribution is -0.142. The van der Waals surface area contributed by atoms with Crippen molar-refractivity contribution in [3.8, 4) is 5.75 Å². The van der Waals surface area contributed by atoms with E-state index in [2.05, 4.69) is 5.32 Å². The van der Waals surface area contributed by atoms with E-state index >= 15 is 0 Å². The predicted octanol–water partition coefficient (Wildman–Crippen LogP) is 0.362. The summed E-state index contributed by atoms with van der Waals surface area (Å²) < 4.78 is 17.4. The Hall–Kier alpha value is -2.15. The maximum absolute atomic E-state index is 12.7. The number of rotatable bonds is 6. The molecule has 0 aromatic heterocycles. The third-order valence-electron chi connectivity index (χ3n) is 1.96. The average molecular weight is 257 g/mol. The number of hydrogen-bond donors (Lipinski definition) is 3. The van der Waals surface area contributed by atoms with Gasteiger partial charge in [-0.15, -0.1) is 0 Å². The lowest BCUT2D eigenvalue weighted by atomic mass is 10.2. The number of carbonyl (C=O) groups excluding carboxylic acids is 1. The highest BCUT2D eigenvalue weighted by Gasteiger charge is 2.11. The summed E-state index contributed by atoms with van der Waals surface area (Å²) in [5.74, 6) is -2.79. The van der Waals surface area contributed by atoms with E-state index in [1.54, 1.807) is 0 Å². The molecule has 0 aliphatic heterocycles. The molecule has 6 nitrogen and oxygen atoms in total. The molecule has 0 aliphatic carbocycles. The fraction of sp³-hybridized carbons (Fsp3) is 0.273. The predicted molar refractivity (Wildman–Crippen MR) is 58.9 cm³/mol. The number of phenolic OH excluding ortho intramolecular Hbond substituents is 1. The Morgan fingerprint density at radius 3 is 2.72 bits per heavy atom. The lowest BCUT2D eigenvalue weighted by Crippen LogP contribution is -2.28. The number of carboxylic acid groups (broad SMARTS) is 1. The number of hydrogen-bond acceptors (Lipinski definition) is 4. The highest BCUT2D eigenvalue weighted by atomic mass is 19.1. The van der Waals surface area contributed by atoms with Crippen molar-refractivity contribution in [2.24, 2.45) is 0 Å². The maximum Gasteiger partial charge on any atom is 0.329 e. The van der Waals surface area contributed by atoms with Crippen molar-refractivity contribution in [3.05, 3.63) is 29.6 Å². The Kier molecular flexibility index (Phi) is 5.06. The van der Waals surface area contributed by atoms with Gasteiger partial charge in [-0.3, -0.25) is 4.79 Å². The van der Waals surface area contributed by atoms with Crippen molar-refractivity contribution in [2.75, 3.05) is 19.8 Å². The van der Waals surface area contributed by atoms with Gasteiger partial charge in [0.25, 0.3) is 5.91 Å². The van der Waals surface area contributed by atoms with Crippen LogP contribution >= 0.6 is 0 Å². The van der Waals surface area contributed by atoms with E-state index in [9.17, 15) is 19.1 Å². The Morgan fingerprint density at radius 2 is 2.11 bits per heavy atom. The van der Waals surface area contributed by atoms with E-state index in [1.165, 1.54) is 0 Å². The molecule has 7 heteroatoms. The fourth-order valence-electron chi connectivity index (χ4n) is 1.19. The third-order valence-corrected chi connectivity index (χ3v) is 1.96. The molecule has 0 heterocycles. The minimum absolute atomic E-state index is 0.0278. The summed E-state index contributed by atoms with van der Waals surface area (Å²) >= 11 is 0. The summed E-state index contributed by atoms with van der Waals surface area (Å²) in [5, 5.41) is 20.0. The number of carbonyl (C=O) groups is 2. The van der Waals surface area contributed by atoms with Crippen LogP contribution in [0.25, 0.3) is 0 Å². The summed E-state index contributed by atoms with van der Waals surface area (Å²) in [5.41, 5.74) is -0.0605. The van der Waals surface area contributed by atoms with E-state index in [-0.39, 0.29) is 18.7 Å². The molecule has 18 heavy (non-hydrogen) atoms. The SMILES string of the molecule is O=C(O)COCCNC(=O)c1ccc(F)cc1O. The van der Waals surface area contributed by atoms with Crippen LogP contribution in [0, 0.1) is 5.82 Å². The van der Waals surface area contributed by atoms with Gasteiger partial charge in [0.1, 0.15) is 18.2 Å². The molecule has 1 rings (SSSR count). The molecule has 0 bridgehead atoms. The number of phenols is 1. The molecule has 0 aliphatic rings. The molecule has 1 aromatic carbocycles. The minimum Gasteiger partial charge on any atom is -0.507 e. The lowest BCUT2D eigenvalue weighted by Gasteiger charge is -2.06. The molecule has 1 amide bonds. The van der Waals surface area contributed by atoms with Gasteiger partial charge < -0.3 is 20.3 Å². The largest absolute Gasteiger partial charge is 0.507 e. The van der Waals surface area contributed by atoms with Gasteiger partial charge in [0.05, 0.1) is 12.2 Å². The van der Waals surface area contributed by atoms with Gasteiger partial charge >= 0.3 is 5.97 Å². The summed E-state index contributed by atoms with van der Waals surface area (Å²) in [7, 11) is 0. The van der Waals surface area contributed by atoms with Gasteiger partial charge in [-0.25, -0.2) is 9.18 Å². The normalized spacial score (nSPS) is 10.1. The van der Waals surface area contributed by atoms with Crippen molar-refractivity contribution >= 4 is 11.9 Å². The van der Waals surface area contributed by atoms with Crippen molar-refractivity contribution < 1.29 is 28.9 Å². The molecule has 1 aromatic rings. The van der Waals surface area contributed by atoms with Crippen molar-refractivity contribution in [1.82, 2.24) is 5.32 Å². The number of nitrogens with one attached hydrogen (secondary N) is 1. The molecular weight excluding hydrogens is 245 g/mol. The zero-order chi connectivity index (χ0) is 13.5. The van der Waals surface area contributed by atoms with Gasteiger partial charge in [0, 0.05) is 12.6 Å². The van der Waals surface area contributed by atoms with Crippen molar-refractivity contribution in [1.29, 1.82) is 0 Å². The first kappa shape index (κ1) is 13.9. The van der Waals surface area contributed by atoms with Gasteiger partial charge in [-0.1, -0.05) is 0 Å². The molecule has 98 valence electrons. The van der Waals surface area contributed by atoms with Crippen LogP contribution in [0.1, 0.15) is 10.4 Å². The molecule has 0 saturated heterocycles. The first-order chi connectivity index (χ1) is 8.50. The molecule has 0 unspecified atom stereocenters. The molecule has 3 N–H and O–H groups in total. The number of ether oxygens (including phenoxy) is 1. The zero-order valence-electron chi connectivity index (χ0n) is 9.35. The maximum atomic E-state index is 12.7. The van der Waals surface area contributed by atoms with E-state index < -0.39 is 30.1 Å². The number of halogens is 1. The number of aliphatic carboxylic acids is 1. The Bertz CT molecular complexity index is 449. The molecule has 0 atom stereocenters. The van der Waals surface area contributed by atoms with Gasteiger partial charge in [-0.2, -0.15) is 0 Å². The monoisotopic (exact) mass is 257 g/mol. The number of amides is 1. The van der Waals surface area contributed by atoms with Crippen LogP contribution in [0.5, 0.6) is 5.75 Å². The van der Waals surface area contributed by atoms with Gasteiger partial charge in [0.2, 0.25) is 0 Å². The standard InChI is InChI=1S/C11H12FNO5/c12-7-1-2-8(9(14)5-7)11(17)13-3-4-18-6-10(15)16/h1-2,5,14H,3-4,6H2,(H,13,17)(H,15,16). The molecule has 0 fully saturated rings. The van der Waals surface area contributed by atoms with E-state index in [0.29, 0.717) is 0 Å². The van der Waals surface area contributed by atoms with Crippen LogP contribution < -0.4 is 5.32 Å². The number of aromatic hydroxyl groups is 1. The van der Waals surface area contributed by atoms with Crippen molar-refractivity contribution in [2.45, 2.75) is 0 Å². The van der Waals surface area contributed by atoms with E-state index in [0.717, 1.165) is 18.2 Å². The molecule has 0 radical (unpaired) electrons. The molecular formula is C11H12FNO5. The highest BCUT2D eigenvalue weighted by Crippen LogP contribution is 2.17. The van der Waals surface area contributed by atoms with Crippen LogP contribution in [0.15, 0.2) is 18.2 Å². The van der Waals surface area contributed by atoms with Gasteiger partial charge in [-0.05, 0) is 12.1 Å². The third kappa shape index (κ3) is 4.38. The van der Waals surface area contributed by atoms with Crippen molar-refractivity contribution in [3.63, 3.8) is 0 Å². The summed E-state index contributed by atoms with van der Waals surface area (Å²) in [6, 6.07) is 3.03. The Balaban J connectivity index is 2.39. The zero-order valence-corrected chi connectivity index (χ0v) is 9.35.